The van der Waals surface area contributed by atoms with Crippen molar-refractivity contribution >= 4 is 11.9 Å². The number of aliphatic hydroxyl groups is 1. The average Bonchev–Trinajstić information content (AvgIpc) is 2.48. The van der Waals surface area contributed by atoms with Gasteiger partial charge in [-0.1, -0.05) is 6.92 Å². The maximum atomic E-state index is 12.2. The van der Waals surface area contributed by atoms with Crippen molar-refractivity contribution in [1.82, 2.24) is 0 Å². The Hall–Kier alpha value is -1.14. The second-order valence-corrected chi connectivity index (χ2v) is 7.84. The average molecular weight is 314 g/mol. The Labute approximate surface area is 131 Å². The molecule has 3 rings (SSSR count). The minimum Gasteiger partial charge on any atom is -0.465 e. The summed E-state index contributed by atoms with van der Waals surface area (Å²) in [6.45, 7) is 10.5. The molecule has 1 N–H and O–H groups in total. The van der Waals surface area contributed by atoms with E-state index in [1.54, 1.807) is 0 Å². The zero-order chi connectivity index (χ0) is 16.9. The number of fused-ring (bicyclic) bond motifs is 4. The Morgan fingerprint density at radius 3 is 2.45 bits per heavy atom. The van der Waals surface area contributed by atoms with Gasteiger partial charge in [0, 0.05) is 6.92 Å². The Bertz CT molecular complexity index is 478. The van der Waals surface area contributed by atoms with Crippen LogP contribution in [0.1, 0.15) is 48.0 Å². The molecule has 0 unspecified atom stereocenters. The van der Waals surface area contributed by atoms with Crippen LogP contribution in [0.4, 0.5) is 0 Å². The van der Waals surface area contributed by atoms with Crippen molar-refractivity contribution in [3.63, 3.8) is 0 Å². The van der Waals surface area contributed by atoms with Crippen LogP contribution < -0.4 is 0 Å². The third-order valence-corrected chi connectivity index (χ3v) is 4.61. The van der Waals surface area contributed by atoms with Gasteiger partial charge in [0.2, 0.25) is 0 Å². The molecular formula is C16H26O6. The van der Waals surface area contributed by atoms with E-state index in [1.165, 1.54) is 13.8 Å². The third-order valence-electron chi connectivity index (χ3n) is 4.61. The SMILES string of the molecule is CC(=O)O[C@H]1[C@@](C)(O)[C@@H]2C[C@H](OC(C)(C)C)[C@@]1(C)COC2=O. The van der Waals surface area contributed by atoms with Gasteiger partial charge < -0.3 is 19.3 Å². The molecule has 0 amide bonds. The number of hydrogen-bond donors (Lipinski definition) is 1. The Balaban J connectivity index is 2.47. The smallest absolute Gasteiger partial charge is 0.312 e. The van der Waals surface area contributed by atoms with Crippen LogP contribution in [0.2, 0.25) is 0 Å². The van der Waals surface area contributed by atoms with Gasteiger partial charge in [0.25, 0.3) is 0 Å². The first-order valence-electron chi connectivity index (χ1n) is 7.62. The standard InChI is InChI=1S/C16H26O6/c1-9(17)21-13-15(5)8-20-12(18)10(16(13,6)19)7-11(15)22-14(2,3)4/h10-11,13,19H,7-8H2,1-6H3/t10-,11+,13-,15-,16+/m1/s1. The highest BCUT2D eigenvalue weighted by Gasteiger charge is 2.65. The molecule has 2 saturated heterocycles. The van der Waals surface area contributed by atoms with E-state index in [0.29, 0.717) is 6.42 Å². The number of carbonyl (C=O) groups is 2. The molecule has 22 heavy (non-hydrogen) atoms. The summed E-state index contributed by atoms with van der Waals surface area (Å²) in [7, 11) is 0. The summed E-state index contributed by atoms with van der Waals surface area (Å²) in [5.74, 6) is -1.74. The van der Waals surface area contributed by atoms with E-state index in [0.717, 1.165) is 0 Å². The summed E-state index contributed by atoms with van der Waals surface area (Å²) in [5.41, 5.74) is -2.70. The first kappa shape index (κ1) is 17.2. The molecule has 5 atom stereocenters. The molecule has 6 nitrogen and oxygen atoms in total. The van der Waals surface area contributed by atoms with Crippen molar-refractivity contribution in [3.05, 3.63) is 0 Å². The predicted octanol–water partition coefficient (Wildman–Crippen LogP) is 1.44. The summed E-state index contributed by atoms with van der Waals surface area (Å²) in [6.07, 6.45) is -0.874. The largest absolute Gasteiger partial charge is 0.465 e. The molecule has 0 aromatic rings. The Kier molecular flexibility index (Phi) is 4.07. The number of esters is 2. The lowest BCUT2D eigenvalue weighted by molar-refractivity contribution is -0.243. The van der Waals surface area contributed by atoms with Crippen LogP contribution in [0.25, 0.3) is 0 Å². The first-order chi connectivity index (χ1) is 9.88. The van der Waals surface area contributed by atoms with Crippen molar-refractivity contribution in [2.75, 3.05) is 6.61 Å². The molecule has 2 heterocycles. The fourth-order valence-electron chi connectivity index (χ4n) is 3.60. The number of ether oxygens (including phenoxy) is 3. The Morgan fingerprint density at radius 2 is 1.95 bits per heavy atom. The molecule has 126 valence electrons. The topological polar surface area (TPSA) is 82.1 Å². The van der Waals surface area contributed by atoms with Crippen molar-refractivity contribution in [3.8, 4) is 0 Å². The van der Waals surface area contributed by atoms with Gasteiger partial charge in [-0.2, -0.15) is 0 Å². The highest BCUT2D eigenvalue weighted by molar-refractivity contribution is 5.75. The number of carbonyl (C=O) groups excluding carboxylic acids is 2. The second kappa shape index (κ2) is 5.20. The highest BCUT2D eigenvalue weighted by atomic mass is 16.6. The first-order valence-corrected chi connectivity index (χ1v) is 7.62. The van der Waals surface area contributed by atoms with Crippen LogP contribution in [0.15, 0.2) is 0 Å². The second-order valence-electron chi connectivity index (χ2n) is 7.84. The predicted molar refractivity (Wildman–Crippen MR) is 78.0 cm³/mol. The van der Waals surface area contributed by atoms with E-state index in [9.17, 15) is 14.7 Å². The zero-order valence-corrected chi connectivity index (χ0v) is 14.1. The molecule has 6 heteroatoms. The molecule has 3 aliphatic rings. The third kappa shape index (κ3) is 2.86. The van der Waals surface area contributed by atoms with Gasteiger partial charge in [-0.15, -0.1) is 0 Å². The van der Waals surface area contributed by atoms with Crippen molar-refractivity contribution < 1.29 is 28.9 Å². The van der Waals surface area contributed by atoms with Crippen LogP contribution in [-0.4, -0.2) is 47.1 Å². The van der Waals surface area contributed by atoms with Gasteiger partial charge >= 0.3 is 11.9 Å². The van der Waals surface area contributed by atoms with Crippen LogP contribution in [0, 0.1) is 11.3 Å². The zero-order valence-electron chi connectivity index (χ0n) is 14.1. The van der Waals surface area contributed by atoms with Crippen LogP contribution in [0.3, 0.4) is 0 Å². The van der Waals surface area contributed by atoms with E-state index in [-0.39, 0.29) is 12.7 Å². The maximum absolute atomic E-state index is 12.2. The van der Waals surface area contributed by atoms with Crippen molar-refractivity contribution in [2.24, 2.45) is 11.3 Å². The van der Waals surface area contributed by atoms with Crippen LogP contribution >= 0.6 is 0 Å². The monoisotopic (exact) mass is 314 g/mol. The molecule has 2 bridgehead atoms. The van der Waals surface area contributed by atoms with Crippen molar-refractivity contribution in [1.29, 1.82) is 0 Å². The summed E-state index contributed by atoms with van der Waals surface area (Å²) in [5, 5.41) is 10.9. The molecule has 0 radical (unpaired) electrons. The van der Waals surface area contributed by atoms with E-state index >= 15 is 0 Å². The quantitative estimate of drug-likeness (QED) is 0.777. The minimum atomic E-state index is -1.48. The Morgan fingerprint density at radius 1 is 1.36 bits per heavy atom. The molecule has 2 aliphatic heterocycles. The maximum Gasteiger partial charge on any atom is 0.312 e. The molecule has 1 aliphatic carbocycles. The van der Waals surface area contributed by atoms with Gasteiger partial charge in [-0.25, -0.2) is 0 Å². The number of hydrogen-bond acceptors (Lipinski definition) is 6. The fraction of sp³-hybridized carbons (Fsp3) is 0.875. The summed E-state index contributed by atoms with van der Waals surface area (Å²) in [6, 6.07) is 0. The molecule has 0 aromatic heterocycles. The molecular weight excluding hydrogens is 288 g/mol. The van der Waals surface area contributed by atoms with E-state index < -0.39 is 40.6 Å². The van der Waals surface area contributed by atoms with Crippen molar-refractivity contribution in [2.45, 2.75) is 71.4 Å². The lowest BCUT2D eigenvalue weighted by Crippen LogP contribution is -2.65. The molecule has 0 aromatic carbocycles. The normalized spacial score (nSPS) is 41.8. The fourth-order valence-corrected chi connectivity index (χ4v) is 3.60. The van der Waals surface area contributed by atoms with Gasteiger partial charge in [0.1, 0.15) is 18.3 Å². The van der Waals surface area contributed by atoms with Gasteiger partial charge in [0.05, 0.1) is 23.0 Å². The van der Waals surface area contributed by atoms with E-state index in [1.807, 2.05) is 27.7 Å². The molecule has 1 saturated carbocycles. The summed E-state index contributed by atoms with van der Waals surface area (Å²) >= 11 is 0. The molecule has 0 spiro atoms. The minimum absolute atomic E-state index is 0.0528. The van der Waals surface area contributed by atoms with E-state index in [4.69, 9.17) is 14.2 Å². The summed E-state index contributed by atoms with van der Waals surface area (Å²) in [4.78, 5) is 23.7. The van der Waals surface area contributed by atoms with Gasteiger partial charge in [-0.05, 0) is 34.1 Å². The van der Waals surface area contributed by atoms with Crippen LogP contribution in [0.5, 0.6) is 0 Å². The van der Waals surface area contributed by atoms with E-state index in [2.05, 4.69) is 0 Å². The van der Waals surface area contributed by atoms with Gasteiger partial charge in [0.15, 0.2) is 0 Å². The lowest BCUT2D eigenvalue weighted by atomic mass is 9.61. The van der Waals surface area contributed by atoms with Crippen LogP contribution in [-0.2, 0) is 23.8 Å². The molecule has 3 fully saturated rings. The lowest BCUT2D eigenvalue weighted by Gasteiger charge is -2.52. The highest BCUT2D eigenvalue weighted by Crippen LogP contribution is 2.51. The number of rotatable bonds is 2. The van der Waals surface area contributed by atoms with Gasteiger partial charge in [-0.3, -0.25) is 9.59 Å². The summed E-state index contributed by atoms with van der Waals surface area (Å²) < 4.78 is 16.8.